The predicted octanol–water partition coefficient (Wildman–Crippen LogP) is 2.67. The summed E-state index contributed by atoms with van der Waals surface area (Å²) >= 11 is 0. The number of rotatable bonds is 6. The molecule has 0 aromatic rings. The van der Waals surface area contributed by atoms with Crippen LogP contribution in [0.2, 0.25) is 0 Å². The summed E-state index contributed by atoms with van der Waals surface area (Å²) in [7, 11) is 2.04. The van der Waals surface area contributed by atoms with Gasteiger partial charge in [0.25, 0.3) is 0 Å². The normalized spacial score (nSPS) is 30.2. The Labute approximate surface area is 76.9 Å². The highest BCUT2D eigenvalue weighted by Gasteiger charge is 2.38. The third-order valence-electron chi connectivity index (χ3n) is 3.35. The molecule has 1 nitrogen and oxygen atoms in total. The molecule has 1 heteroatoms. The van der Waals surface area contributed by atoms with Crippen LogP contribution in [-0.2, 0) is 0 Å². The summed E-state index contributed by atoms with van der Waals surface area (Å²) in [6.07, 6.45) is 5.70. The number of nitrogens with one attached hydrogen (secondary N) is 1. The smallest absolute Gasteiger partial charge is 0.00518 e. The quantitative estimate of drug-likeness (QED) is 0.603. The average molecular weight is 169 g/mol. The second-order valence-corrected chi connectivity index (χ2v) is 4.29. The second-order valence-electron chi connectivity index (χ2n) is 4.29. The molecule has 0 aromatic heterocycles. The molecule has 1 saturated carbocycles. The molecule has 1 aliphatic carbocycles. The van der Waals surface area contributed by atoms with Gasteiger partial charge in [-0.3, -0.25) is 0 Å². The van der Waals surface area contributed by atoms with Crippen LogP contribution in [0.5, 0.6) is 0 Å². The van der Waals surface area contributed by atoms with Gasteiger partial charge in [0.1, 0.15) is 0 Å². The van der Waals surface area contributed by atoms with Gasteiger partial charge < -0.3 is 5.32 Å². The third kappa shape index (κ3) is 2.78. The van der Waals surface area contributed by atoms with Crippen molar-refractivity contribution < 1.29 is 0 Å². The van der Waals surface area contributed by atoms with E-state index in [4.69, 9.17) is 0 Å². The van der Waals surface area contributed by atoms with E-state index in [0.717, 1.165) is 17.8 Å². The lowest BCUT2D eigenvalue weighted by Crippen LogP contribution is -2.07. The first-order chi connectivity index (χ1) is 5.79. The Kier molecular flexibility index (Phi) is 4.07. The van der Waals surface area contributed by atoms with Gasteiger partial charge in [-0.05, 0) is 50.6 Å². The van der Waals surface area contributed by atoms with Crippen LogP contribution in [0.3, 0.4) is 0 Å². The van der Waals surface area contributed by atoms with Crippen LogP contribution in [0.15, 0.2) is 0 Å². The molecule has 3 atom stereocenters. The van der Waals surface area contributed by atoms with Crippen molar-refractivity contribution in [2.75, 3.05) is 13.6 Å². The van der Waals surface area contributed by atoms with Crippen LogP contribution < -0.4 is 5.32 Å². The molecule has 0 saturated heterocycles. The molecule has 1 rings (SSSR count). The molecule has 1 aliphatic rings. The van der Waals surface area contributed by atoms with E-state index < -0.39 is 0 Å². The van der Waals surface area contributed by atoms with Gasteiger partial charge in [-0.1, -0.05) is 20.3 Å². The van der Waals surface area contributed by atoms with Crippen LogP contribution in [0.1, 0.15) is 39.5 Å². The summed E-state index contributed by atoms with van der Waals surface area (Å²) in [6.45, 7) is 5.92. The van der Waals surface area contributed by atoms with Gasteiger partial charge in [0.15, 0.2) is 0 Å². The first-order valence-electron chi connectivity index (χ1n) is 5.44. The van der Waals surface area contributed by atoms with E-state index in [9.17, 15) is 0 Å². The summed E-state index contributed by atoms with van der Waals surface area (Å²) in [4.78, 5) is 0. The highest BCUT2D eigenvalue weighted by molar-refractivity contribution is 4.88. The van der Waals surface area contributed by atoms with E-state index in [-0.39, 0.29) is 0 Å². The van der Waals surface area contributed by atoms with E-state index in [1.54, 1.807) is 0 Å². The van der Waals surface area contributed by atoms with E-state index in [2.05, 4.69) is 19.2 Å². The molecular weight excluding hydrogens is 146 g/mol. The maximum atomic E-state index is 3.21. The summed E-state index contributed by atoms with van der Waals surface area (Å²) in [5.74, 6) is 3.13. The van der Waals surface area contributed by atoms with Gasteiger partial charge in [-0.25, -0.2) is 0 Å². The fourth-order valence-corrected chi connectivity index (χ4v) is 2.14. The highest BCUT2D eigenvalue weighted by Crippen LogP contribution is 2.47. The van der Waals surface area contributed by atoms with Gasteiger partial charge in [0.05, 0.1) is 0 Å². The molecule has 0 aliphatic heterocycles. The third-order valence-corrected chi connectivity index (χ3v) is 3.35. The van der Waals surface area contributed by atoms with Crippen molar-refractivity contribution in [1.29, 1.82) is 0 Å². The molecule has 0 bridgehead atoms. The maximum absolute atomic E-state index is 3.21. The Morgan fingerprint density at radius 2 is 2.25 bits per heavy atom. The first kappa shape index (κ1) is 10.0. The fraction of sp³-hybridized carbons (Fsp3) is 1.00. The lowest BCUT2D eigenvalue weighted by atomic mass is 10.0. The summed E-state index contributed by atoms with van der Waals surface area (Å²) in [5, 5.41) is 3.21. The molecule has 1 fully saturated rings. The molecule has 3 unspecified atom stereocenters. The van der Waals surface area contributed by atoms with Crippen LogP contribution in [-0.4, -0.2) is 13.6 Å². The standard InChI is InChI=1S/C11H23N/c1-4-9(2)11-8-10(11)6-5-7-12-3/h9-12H,4-8H2,1-3H3. The fourth-order valence-electron chi connectivity index (χ4n) is 2.14. The molecule has 72 valence electrons. The van der Waals surface area contributed by atoms with Crippen LogP contribution in [0, 0.1) is 17.8 Å². The first-order valence-corrected chi connectivity index (χ1v) is 5.44. The SMILES string of the molecule is CCC(C)C1CC1CCCNC. The lowest BCUT2D eigenvalue weighted by Gasteiger charge is -2.06. The van der Waals surface area contributed by atoms with Crippen molar-refractivity contribution >= 4 is 0 Å². The minimum Gasteiger partial charge on any atom is -0.320 e. The Balaban J connectivity index is 2.00. The summed E-state index contributed by atoms with van der Waals surface area (Å²) in [5.41, 5.74) is 0. The van der Waals surface area contributed by atoms with Crippen molar-refractivity contribution in [3.05, 3.63) is 0 Å². The van der Waals surface area contributed by atoms with Crippen molar-refractivity contribution in [2.24, 2.45) is 17.8 Å². The molecule has 12 heavy (non-hydrogen) atoms. The van der Waals surface area contributed by atoms with E-state index >= 15 is 0 Å². The average Bonchev–Trinajstić information content (AvgIpc) is 2.83. The summed E-state index contributed by atoms with van der Waals surface area (Å²) < 4.78 is 0. The van der Waals surface area contributed by atoms with E-state index in [1.165, 1.54) is 32.2 Å². The van der Waals surface area contributed by atoms with Crippen LogP contribution in [0.25, 0.3) is 0 Å². The van der Waals surface area contributed by atoms with Crippen LogP contribution in [0.4, 0.5) is 0 Å². The number of hydrogen-bond acceptors (Lipinski definition) is 1. The van der Waals surface area contributed by atoms with E-state index in [0.29, 0.717) is 0 Å². The van der Waals surface area contributed by atoms with Crippen molar-refractivity contribution in [2.45, 2.75) is 39.5 Å². The second kappa shape index (κ2) is 4.86. The van der Waals surface area contributed by atoms with Crippen molar-refractivity contribution in [3.8, 4) is 0 Å². The zero-order valence-electron chi connectivity index (χ0n) is 8.77. The summed E-state index contributed by atoms with van der Waals surface area (Å²) in [6, 6.07) is 0. The van der Waals surface area contributed by atoms with Gasteiger partial charge >= 0.3 is 0 Å². The van der Waals surface area contributed by atoms with Gasteiger partial charge in [0, 0.05) is 0 Å². The molecule has 0 heterocycles. The minimum atomic E-state index is 0.976. The van der Waals surface area contributed by atoms with Crippen molar-refractivity contribution in [1.82, 2.24) is 5.32 Å². The zero-order chi connectivity index (χ0) is 8.97. The predicted molar refractivity (Wildman–Crippen MR) is 54.2 cm³/mol. The number of hydrogen-bond donors (Lipinski definition) is 1. The Morgan fingerprint density at radius 3 is 2.83 bits per heavy atom. The van der Waals surface area contributed by atoms with Gasteiger partial charge in [0.2, 0.25) is 0 Å². The molecule has 0 aromatic carbocycles. The Morgan fingerprint density at radius 1 is 1.50 bits per heavy atom. The van der Waals surface area contributed by atoms with Crippen LogP contribution >= 0.6 is 0 Å². The Bertz CT molecular complexity index is 122. The van der Waals surface area contributed by atoms with Gasteiger partial charge in [-0.2, -0.15) is 0 Å². The monoisotopic (exact) mass is 169 g/mol. The zero-order valence-corrected chi connectivity index (χ0v) is 8.77. The topological polar surface area (TPSA) is 12.0 Å². The lowest BCUT2D eigenvalue weighted by molar-refractivity contribution is 0.446. The van der Waals surface area contributed by atoms with Gasteiger partial charge in [-0.15, -0.1) is 0 Å². The Hall–Kier alpha value is -0.0400. The molecular formula is C11H23N. The molecule has 0 radical (unpaired) electrons. The highest BCUT2D eigenvalue weighted by atomic mass is 14.8. The molecule has 0 amide bonds. The van der Waals surface area contributed by atoms with Crippen molar-refractivity contribution in [3.63, 3.8) is 0 Å². The largest absolute Gasteiger partial charge is 0.320 e. The maximum Gasteiger partial charge on any atom is -0.00518 e. The molecule has 0 spiro atoms. The minimum absolute atomic E-state index is 0.976. The molecule has 1 N–H and O–H groups in total. The van der Waals surface area contributed by atoms with E-state index in [1.807, 2.05) is 7.05 Å².